The molecule has 1 aliphatic carbocycles. The first-order valence-corrected chi connectivity index (χ1v) is 6.63. The lowest BCUT2D eigenvalue weighted by Crippen LogP contribution is -2.48. The first-order valence-electron chi connectivity index (χ1n) is 5.45. The summed E-state index contributed by atoms with van der Waals surface area (Å²) in [6, 6.07) is 5.03. The monoisotopic (exact) mass is 331 g/mol. The van der Waals surface area contributed by atoms with E-state index in [2.05, 4.69) is 21.2 Å². The maximum Gasteiger partial charge on any atom is 0.319 e. The van der Waals surface area contributed by atoms with E-state index in [4.69, 9.17) is 16.7 Å². The Labute approximate surface area is 117 Å². The minimum Gasteiger partial charge on any atom is -0.480 e. The molecule has 0 aliphatic heterocycles. The van der Waals surface area contributed by atoms with Crippen molar-refractivity contribution in [2.45, 2.75) is 19.3 Å². The number of rotatable bonds is 3. The minimum atomic E-state index is -1.29. The molecule has 96 valence electrons. The average Bonchev–Trinajstić information content (AvgIpc) is 2.21. The standard InChI is InChI=1S/C12H11BrClNO3/c13-7-2-3-8(14)9(6-7)15-10(16)12(11(17)18)4-1-5-12/h2-3,6H,1,4-5H2,(H,15,16)(H,17,18). The molecule has 0 heterocycles. The fourth-order valence-corrected chi connectivity index (χ4v) is 2.43. The van der Waals surface area contributed by atoms with E-state index in [9.17, 15) is 9.59 Å². The van der Waals surface area contributed by atoms with Gasteiger partial charge in [0.25, 0.3) is 0 Å². The van der Waals surface area contributed by atoms with E-state index < -0.39 is 17.3 Å². The number of halogens is 2. The quantitative estimate of drug-likeness (QED) is 0.835. The molecule has 2 rings (SSSR count). The second-order valence-corrected chi connectivity index (χ2v) is 5.64. The van der Waals surface area contributed by atoms with Crippen LogP contribution in [-0.2, 0) is 9.59 Å². The molecule has 0 atom stereocenters. The van der Waals surface area contributed by atoms with Gasteiger partial charge in [-0.3, -0.25) is 9.59 Å². The molecule has 4 nitrogen and oxygen atoms in total. The van der Waals surface area contributed by atoms with Gasteiger partial charge >= 0.3 is 5.97 Å². The van der Waals surface area contributed by atoms with E-state index in [1.807, 2.05) is 0 Å². The predicted octanol–water partition coefficient (Wildman–Crippen LogP) is 3.30. The zero-order chi connectivity index (χ0) is 13.3. The Hall–Kier alpha value is -1.07. The van der Waals surface area contributed by atoms with Crippen LogP contribution in [0.3, 0.4) is 0 Å². The zero-order valence-electron chi connectivity index (χ0n) is 9.37. The smallest absolute Gasteiger partial charge is 0.319 e. The van der Waals surface area contributed by atoms with E-state index >= 15 is 0 Å². The molecule has 2 N–H and O–H groups in total. The van der Waals surface area contributed by atoms with Crippen LogP contribution in [0.25, 0.3) is 0 Å². The van der Waals surface area contributed by atoms with Gasteiger partial charge in [0, 0.05) is 4.47 Å². The Morgan fingerprint density at radius 2 is 2.06 bits per heavy atom. The van der Waals surface area contributed by atoms with Gasteiger partial charge in [0.1, 0.15) is 5.41 Å². The number of carbonyl (C=O) groups excluding carboxylic acids is 1. The molecule has 6 heteroatoms. The molecule has 1 aliphatic rings. The van der Waals surface area contributed by atoms with E-state index in [1.165, 1.54) is 0 Å². The summed E-state index contributed by atoms with van der Waals surface area (Å²) in [4.78, 5) is 23.2. The van der Waals surface area contributed by atoms with Crippen LogP contribution in [0.2, 0.25) is 5.02 Å². The highest BCUT2D eigenvalue weighted by Gasteiger charge is 2.51. The van der Waals surface area contributed by atoms with Gasteiger partial charge < -0.3 is 10.4 Å². The van der Waals surface area contributed by atoms with Crippen molar-refractivity contribution >= 4 is 45.1 Å². The molecule has 0 bridgehead atoms. The highest BCUT2D eigenvalue weighted by molar-refractivity contribution is 9.10. The van der Waals surface area contributed by atoms with Gasteiger partial charge in [0.05, 0.1) is 10.7 Å². The summed E-state index contributed by atoms with van der Waals surface area (Å²) < 4.78 is 0.764. The normalized spacial score (nSPS) is 16.8. The van der Waals surface area contributed by atoms with Crippen molar-refractivity contribution in [1.82, 2.24) is 0 Å². The Balaban J connectivity index is 2.21. The summed E-state index contributed by atoms with van der Waals surface area (Å²) in [5.74, 6) is -1.57. The fourth-order valence-electron chi connectivity index (χ4n) is 1.90. The van der Waals surface area contributed by atoms with Crippen LogP contribution < -0.4 is 5.32 Å². The number of hydrogen-bond donors (Lipinski definition) is 2. The number of hydrogen-bond acceptors (Lipinski definition) is 2. The largest absolute Gasteiger partial charge is 0.480 e. The molecule has 1 aromatic rings. The summed E-state index contributed by atoms with van der Waals surface area (Å²) >= 11 is 9.22. The van der Waals surface area contributed by atoms with Crippen LogP contribution in [0.1, 0.15) is 19.3 Å². The van der Waals surface area contributed by atoms with Crippen molar-refractivity contribution in [1.29, 1.82) is 0 Å². The maximum atomic E-state index is 12.1. The van der Waals surface area contributed by atoms with Crippen LogP contribution in [0.15, 0.2) is 22.7 Å². The number of amides is 1. The maximum absolute atomic E-state index is 12.1. The third-order valence-electron chi connectivity index (χ3n) is 3.23. The highest BCUT2D eigenvalue weighted by Crippen LogP contribution is 2.42. The first kappa shape index (κ1) is 13.4. The number of anilines is 1. The summed E-state index contributed by atoms with van der Waals surface area (Å²) in [7, 11) is 0. The van der Waals surface area contributed by atoms with Crippen molar-refractivity contribution in [3.8, 4) is 0 Å². The van der Waals surface area contributed by atoms with Gasteiger partial charge in [-0.15, -0.1) is 0 Å². The van der Waals surface area contributed by atoms with Gasteiger partial charge in [-0.2, -0.15) is 0 Å². The lowest BCUT2D eigenvalue weighted by atomic mass is 9.68. The molecule has 0 spiro atoms. The van der Waals surface area contributed by atoms with Gasteiger partial charge in [-0.1, -0.05) is 34.0 Å². The van der Waals surface area contributed by atoms with Crippen molar-refractivity contribution < 1.29 is 14.7 Å². The second kappa shape index (κ2) is 4.90. The van der Waals surface area contributed by atoms with E-state index in [0.717, 1.165) is 10.9 Å². The summed E-state index contributed by atoms with van der Waals surface area (Å²) in [5.41, 5.74) is -0.866. The average molecular weight is 333 g/mol. The minimum absolute atomic E-state index is 0.375. The van der Waals surface area contributed by atoms with E-state index in [-0.39, 0.29) is 0 Å². The molecule has 1 saturated carbocycles. The van der Waals surface area contributed by atoms with Gasteiger partial charge in [0.2, 0.25) is 5.91 Å². The SMILES string of the molecule is O=C(O)C1(C(=O)Nc2cc(Br)ccc2Cl)CCC1. The molecular weight excluding hydrogens is 321 g/mol. The number of carbonyl (C=O) groups is 2. The summed E-state index contributed by atoms with van der Waals surface area (Å²) in [6.45, 7) is 0. The van der Waals surface area contributed by atoms with Gasteiger partial charge in [-0.05, 0) is 31.0 Å². The molecule has 1 amide bonds. The Morgan fingerprint density at radius 1 is 1.39 bits per heavy atom. The number of aliphatic carboxylic acids is 1. The predicted molar refractivity (Wildman–Crippen MR) is 71.7 cm³/mol. The molecule has 1 fully saturated rings. The lowest BCUT2D eigenvalue weighted by Gasteiger charge is -2.35. The molecule has 0 unspecified atom stereocenters. The van der Waals surface area contributed by atoms with Gasteiger partial charge in [-0.25, -0.2) is 0 Å². The third kappa shape index (κ3) is 2.24. The van der Waals surface area contributed by atoms with Crippen molar-refractivity contribution in [2.24, 2.45) is 5.41 Å². The Kier molecular flexibility index (Phi) is 3.64. The van der Waals surface area contributed by atoms with Crippen LogP contribution in [0.5, 0.6) is 0 Å². The van der Waals surface area contributed by atoms with Crippen molar-refractivity contribution in [2.75, 3.05) is 5.32 Å². The zero-order valence-corrected chi connectivity index (χ0v) is 11.7. The Bertz CT molecular complexity index is 514. The van der Waals surface area contributed by atoms with Crippen LogP contribution in [0.4, 0.5) is 5.69 Å². The van der Waals surface area contributed by atoms with Crippen molar-refractivity contribution in [3.05, 3.63) is 27.7 Å². The van der Waals surface area contributed by atoms with Crippen LogP contribution in [0, 0.1) is 5.41 Å². The van der Waals surface area contributed by atoms with Crippen LogP contribution >= 0.6 is 27.5 Å². The topological polar surface area (TPSA) is 66.4 Å². The molecule has 1 aromatic carbocycles. The summed E-state index contributed by atoms with van der Waals surface area (Å²) in [6.07, 6.45) is 1.51. The molecule has 0 radical (unpaired) electrons. The van der Waals surface area contributed by atoms with E-state index in [0.29, 0.717) is 23.6 Å². The number of nitrogens with one attached hydrogen (secondary N) is 1. The molecule has 0 aromatic heterocycles. The van der Waals surface area contributed by atoms with Gasteiger partial charge in [0.15, 0.2) is 0 Å². The van der Waals surface area contributed by atoms with Crippen LogP contribution in [-0.4, -0.2) is 17.0 Å². The molecule has 0 saturated heterocycles. The third-order valence-corrected chi connectivity index (χ3v) is 4.05. The lowest BCUT2D eigenvalue weighted by molar-refractivity contribution is -0.159. The molecular formula is C12H11BrClNO3. The number of benzene rings is 1. The highest BCUT2D eigenvalue weighted by atomic mass is 79.9. The fraction of sp³-hybridized carbons (Fsp3) is 0.333. The summed E-state index contributed by atoms with van der Waals surface area (Å²) in [5, 5.41) is 12.1. The second-order valence-electron chi connectivity index (χ2n) is 4.32. The molecule has 18 heavy (non-hydrogen) atoms. The number of carboxylic acid groups (broad SMARTS) is 1. The number of carboxylic acids is 1. The van der Waals surface area contributed by atoms with Crippen molar-refractivity contribution in [3.63, 3.8) is 0 Å². The van der Waals surface area contributed by atoms with E-state index in [1.54, 1.807) is 18.2 Å². The first-order chi connectivity index (χ1) is 8.45. The Morgan fingerprint density at radius 3 is 2.56 bits per heavy atom.